The maximum atomic E-state index is 11.5. The van der Waals surface area contributed by atoms with Crippen molar-refractivity contribution in [1.82, 2.24) is 0 Å². The predicted octanol–water partition coefficient (Wildman–Crippen LogP) is 2.25. The number of benzene rings is 1. The molecule has 0 aliphatic heterocycles. The van der Waals surface area contributed by atoms with Gasteiger partial charge < -0.3 is 8.92 Å². The maximum Gasteiger partial charge on any atom is 0.349 e. The van der Waals surface area contributed by atoms with Crippen LogP contribution in [0.1, 0.15) is 34.6 Å². The summed E-state index contributed by atoms with van der Waals surface area (Å²) in [7, 11) is 0. The van der Waals surface area contributed by atoms with Crippen LogP contribution < -0.4 is 0 Å². The quantitative estimate of drug-likeness (QED) is 0.500. The molecule has 1 rings (SSSR count). The van der Waals surface area contributed by atoms with Gasteiger partial charge in [-0.25, -0.2) is 9.59 Å². The van der Waals surface area contributed by atoms with Gasteiger partial charge in [-0.05, 0) is 32.0 Å². The average molecular weight is 240 g/mol. The number of hydrogen-bond acceptors (Lipinski definition) is 5. The van der Waals surface area contributed by atoms with Crippen LogP contribution in [0, 0.1) is 0 Å². The number of carbonyl (C=O) groups excluding carboxylic acids is 2. The van der Waals surface area contributed by atoms with Crippen molar-refractivity contribution in [2.24, 2.45) is 0 Å². The standard InChI is InChI=1S/C11H12O4S/c1-7(2)14-10(12)8-4-3-5-9(6-8)11(13)15-16/h3-7,16H,1-2H3. The van der Waals surface area contributed by atoms with E-state index in [0.717, 1.165) is 0 Å². The number of carbonyl (C=O) groups is 2. The third kappa shape index (κ3) is 3.27. The van der Waals surface area contributed by atoms with E-state index >= 15 is 0 Å². The molecule has 0 aliphatic rings. The van der Waals surface area contributed by atoms with Crippen LogP contribution in [0.5, 0.6) is 0 Å². The smallest absolute Gasteiger partial charge is 0.349 e. The molecule has 4 nitrogen and oxygen atoms in total. The van der Waals surface area contributed by atoms with Gasteiger partial charge in [-0.3, -0.25) is 0 Å². The molecule has 0 saturated carbocycles. The van der Waals surface area contributed by atoms with Crippen LogP contribution in [0.15, 0.2) is 24.3 Å². The molecular formula is C11H12O4S. The zero-order valence-electron chi connectivity index (χ0n) is 8.97. The molecule has 86 valence electrons. The molecule has 0 aliphatic carbocycles. The predicted molar refractivity (Wildman–Crippen MR) is 61.4 cm³/mol. The van der Waals surface area contributed by atoms with Gasteiger partial charge in [-0.15, -0.1) is 0 Å². The number of ether oxygens (including phenoxy) is 1. The van der Waals surface area contributed by atoms with E-state index in [1.807, 2.05) is 0 Å². The first-order valence-electron chi connectivity index (χ1n) is 4.71. The van der Waals surface area contributed by atoms with Crippen molar-refractivity contribution in [3.8, 4) is 0 Å². The maximum absolute atomic E-state index is 11.5. The molecule has 0 atom stereocenters. The monoisotopic (exact) mass is 240 g/mol. The van der Waals surface area contributed by atoms with Gasteiger partial charge in [0.05, 0.1) is 17.2 Å². The number of thiol groups is 1. The van der Waals surface area contributed by atoms with Crippen molar-refractivity contribution in [3.63, 3.8) is 0 Å². The fourth-order valence-electron chi connectivity index (χ4n) is 1.11. The first-order valence-corrected chi connectivity index (χ1v) is 5.08. The second kappa shape index (κ2) is 5.55. The molecule has 0 spiro atoms. The molecule has 0 N–H and O–H groups in total. The Hall–Kier alpha value is -1.49. The Morgan fingerprint density at radius 2 is 1.75 bits per heavy atom. The zero-order chi connectivity index (χ0) is 12.1. The SMILES string of the molecule is CC(C)OC(=O)c1cccc(C(=O)OS)c1. The van der Waals surface area contributed by atoms with E-state index in [2.05, 4.69) is 17.1 Å². The van der Waals surface area contributed by atoms with Crippen LogP contribution in [0.2, 0.25) is 0 Å². The molecule has 0 heterocycles. The molecule has 0 radical (unpaired) electrons. The highest BCUT2D eigenvalue weighted by Crippen LogP contribution is 2.09. The molecule has 0 aromatic heterocycles. The van der Waals surface area contributed by atoms with Gasteiger partial charge in [0.2, 0.25) is 0 Å². The zero-order valence-corrected chi connectivity index (χ0v) is 9.86. The van der Waals surface area contributed by atoms with Crippen LogP contribution in [0.4, 0.5) is 0 Å². The van der Waals surface area contributed by atoms with Crippen LogP contribution >= 0.6 is 12.9 Å². The molecule has 5 heteroatoms. The molecular weight excluding hydrogens is 228 g/mol. The van der Waals surface area contributed by atoms with Crippen LogP contribution in [0.3, 0.4) is 0 Å². The highest BCUT2D eigenvalue weighted by Gasteiger charge is 2.12. The Bertz CT molecular complexity index is 401. The molecule has 1 aromatic rings. The Labute approximate surface area is 99.2 Å². The van der Waals surface area contributed by atoms with Gasteiger partial charge in [0, 0.05) is 12.9 Å². The molecule has 1 aromatic carbocycles. The summed E-state index contributed by atoms with van der Waals surface area (Å²) in [4.78, 5) is 22.7. The van der Waals surface area contributed by atoms with Gasteiger partial charge in [0.1, 0.15) is 0 Å². The van der Waals surface area contributed by atoms with E-state index in [1.165, 1.54) is 12.1 Å². The van der Waals surface area contributed by atoms with Crippen molar-refractivity contribution < 1.29 is 18.5 Å². The molecule has 0 fully saturated rings. The number of rotatable bonds is 3. The Balaban J connectivity index is 2.90. The van der Waals surface area contributed by atoms with Crippen molar-refractivity contribution in [2.75, 3.05) is 0 Å². The van der Waals surface area contributed by atoms with Gasteiger partial charge in [0.15, 0.2) is 0 Å². The summed E-state index contributed by atoms with van der Waals surface area (Å²) in [6.07, 6.45) is -0.201. The first kappa shape index (κ1) is 12.6. The van der Waals surface area contributed by atoms with Crippen molar-refractivity contribution in [2.45, 2.75) is 20.0 Å². The summed E-state index contributed by atoms with van der Waals surface area (Å²) in [6, 6.07) is 6.09. The fourth-order valence-corrected chi connectivity index (χ4v) is 1.21. The lowest BCUT2D eigenvalue weighted by molar-refractivity contribution is 0.0378. The van der Waals surface area contributed by atoms with Gasteiger partial charge in [-0.2, -0.15) is 0 Å². The highest BCUT2D eigenvalue weighted by molar-refractivity contribution is 7.75. The summed E-state index contributed by atoms with van der Waals surface area (Å²) in [5.74, 6) is -1.08. The second-order valence-corrected chi connectivity index (χ2v) is 3.60. The minimum Gasteiger partial charge on any atom is -0.459 e. The van der Waals surface area contributed by atoms with Crippen LogP contribution in [0.25, 0.3) is 0 Å². The molecule has 0 amide bonds. The minimum atomic E-state index is -0.609. The molecule has 0 saturated heterocycles. The Kier molecular flexibility index (Phi) is 4.37. The lowest BCUT2D eigenvalue weighted by Gasteiger charge is -2.08. The summed E-state index contributed by atoms with van der Waals surface area (Å²) in [5.41, 5.74) is 0.568. The van der Waals surface area contributed by atoms with E-state index in [1.54, 1.807) is 26.0 Å². The van der Waals surface area contributed by atoms with Crippen molar-refractivity contribution in [1.29, 1.82) is 0 Å². The Morgan fingerprint density at radius 1 is 1.19 bits per heavy atom. The van der Waals surface area contributed by atoms with Gasteiger partial charge in [0.25, 0.3) is 0 Å². The summed E-state index contributed by atoms with van der Waals surface area (Å²) < 4.78 is 9.25. The van der Waals surface area contributed by atoms with Crippen molar-refractivity contribution >= 4 is 24.8 Å². The lowest BCUT2D eigenvalue weighted by atomic mass is 10.1. The summed E-state index contributed by atoms with van der Waals surface area (Å²) in [6.45, 7) is 3.51. The lowest BCUT2D eigenvalue weighted by Crippen LogP contribution is -2.12. The Morgan fingerprint density at radius 3 is 2.25 bits per heavy atom. The fraction of sp³-hybridized carbons (Fsp3) is 0.273. The van der Waals surface area contributed by atoms with Crippen LogP contribution in [-0.4, -0.2) is 18.0 Å². The third-order valence-corrected chi connectivity index (χ3v) is 1.93. The van der Waals surface area contributed by atoms with E-state index in [4.69, 9.17) is 4.74 Å². The number of esters is 1. The molecule has 0 bridgehead atoms. The van der Waals surface area contributed by atoms with E-state index < -0.39 is 11.9 Å². The van der Waals surface area contributed by atoms with E-state index in [0.29, 0.717) is 5.56 Å². The second-order valence-electron chi connectivity index (χ2n) is 3.41. The van der Waals surface area contributed by atoms with Crippen LogP contribution in [-0.2, 0) is 8.92 Å². The first-order chi connectivity index (χ1) is 7.54. The topological polar surface area (TPSA) is 52.6 Å². The van der Waals surface area contributed by atoms with Gasteiger partial charge in [-0.1, -0.05) is 6.07 Å². The van der Waals surface area contributed by atoms with E-state index in [-0.39, 0.29) is 11.7 Å². The average Bonchev–Trinajstić information content (AvgIpc) is 2.27. The largest absolute Gasteiger partial charge is 0.459 e. The van der Waals surface area contributed by atoms with Gasteiger partial charge >= 0.3 is 11.9 Å². The molecule has 16 heavy (non-hydrogen) atoms. The minimum absolute atomic E-state index is 0.201. The summed E-state index contributed by atoms with van der Waals surface area (Å²) in [5, 5.41) is 0. The normalized spacial score (nSPS) is 10.0. The summed E-state index contributed by atoms with van der Waals surface area (Å²) >= 11 is 3.40. The number of hydrogen-bond donors (Lipinski definition) is 1. The highest BCUT2D eigenvalue weighted by atomic mass is 32.1. The van der Waals surface area contributed by atoms with E-state index in [9.17, 15) is 9.59 Å². The third-order valence-electron chi connectivity index (χ3n) is 1.76. The van der Waals surface area contributed by atoms with Crippen molar-refractivity contribution in [3.05, 3.63) is 35.4 Å². The molecule has 0 unspecified atom stereocenters.